The van der Waals surface area contributed by atoms with Crippen LogP contribution in [-0.4, -0.2) is 17.6 Å². The van der Waals surface area contributed by atoms with Gasteiger partial charge in [-0.1, -0.05) is 18.3 Å². The summed E-state index contributed by atoms with van der Waals surface area (Å²) < 4.78 is 0. The Morgan fingerprint density at radius 2 is 2.06 bits per heavy atom. The van der Waals surface area contributed by atoms with Gasteiger partial charge in [0.1, 0.15) is 6.61 Å². The summed E-state index contributed by atoms with van der Waals surface area (Å²) in [5, 5.41) is 11.5. The van der Waals surface area contributed by atoms with Gasteiger partial charge in [0.25, 0.3) is 0 Å². The van der Waals surface area contributed by atoms with Gasteiger partial charge in [0, 0.05) is 17.2 Å². The fraction of sp³-hybridized carbons (Fsp3) is 0.357. The average Bonchev–Trinajstić information content (AvgIpc) is 2.26. The van der Waals surface area contributed by atoms with Crippen LogP contribution in [0.25, 0.3) is 0 Å². The van der Waals surface area contributed by atoms with Crippen LogP contribution in [0, 0.1) is 17.8 Å². The highest BCUT2D eigenvalue weighted by molar-refractivity contribution is 5.93. The van der Waals surface area contributed by atoms with Crippen LogP contribution in [0.1, 0.15) is 24.8 Å². The third kappa shape index (κ3) is 3.08. The summed E-state index contributed by atoms with van der Waals surface area (Å²) in [4.78, 5) is 11.7. The molecule has 1 amide bonds. The van der Waals surface area contributed by atoms with Gasteiger partial charge in [0.05, 0.1) is 0 Å². The second-order valence-corrected chi connectivity index (χ2v) is 4.15. The molecule has 88 valence electrons. The van der Waals surface area contributed by atoms with Crippen LogP contribution in [0.2, 0.25) is 0 Å². The van der Waals surface area contributed by atoms with Crippen molar-refractivity contribution in [3.05, 3.63) is 29.8 Å². The van der Waals surface area contributed by atoms with E-state index in [-0.39, 0.29) is 18.4 Å². The molecule has 3 nitrogen and oxygen atoms in total. The maximum atomic E-state index is 11.7. The van der Waals surface area contributed by atoms with Gasteiger partial charge in [-0.25, -0.2) is 0 Å². The number of hydrogen-bond donors (Lipinski definition) is 2. The molecular weight excluding hydrogens is 214 g/mol. The molecule has 0 bridgehead atoms. The molecule has 0 spiro atoms. The fourth-order valence-electron chi connectivity index (χ4n) is 1.69. The maximum absolute atomic E-state index is 11.7. The number of carbonyl (C=O) groups is 1. The molecule has 2 N–H and O–H groups in total. The van der Waals surface area contributed by atoms with Gasteiger partial charge in [-0.15, -0.1) is 0 Å². The molecule has 0 aromatic heterocycles. The van der Waals surface area contributed by atoms with Gasteiger partial charge in [0.15, 0.2) is 0 Å². The number of rotatable bonds is 2. The highest BCUT2D eigenvalue weighted by atomic mass is 16.2. The van der Waals surface area contributed by atoms with Crippen LogP contribution in [0.5, 0.6) is 0 Å². The van der Waals surface area contributed by atoms with Crippen LogP contribution in [0.4, 0.5) is 5.69 Å². The Labute approximate surface area is 101 Å². The Hall–Kier alpha value is -1.79. The molecule has 1 aromatic rings. The van der Waals surface area contributed by atoms with Crippen molar-refractivity contribution in [2.75, 3.05) is 11.9 Å². The number of carbonyl (C=O) groups excluding carboxylic acids is 1. The lowest BCUT2D eigenvalue weighted by Crippen LogP contribution is -2.27. The monoisotopic (exact) mass is 229 g/mol. The van der Waals surface area contributed by atoms with E-state index in [0.717, 1.165) is 30.5 Å². The molecule has 1 aromatic carbocycles. The van der Waals surface area contributed by atoms with Crippen LogP contribution >= 0.6 is 0 Å². The summed E-state index contributed by atoms with van der Waals surface area (Å²) in [6.45, 7) is -0.139. The predicted molar refractivity (Wildman–Crippen MR) is 66.4 cm³/mol. The van der Waals surface area contributed by atoms with Gasteiger partial charge in [-0.05, 0) is 37.1 Å². The normalized spacial score (nSPS) is 14.4. The average molecular weight is 229 g/mol. The molecule has 0 heterocycles. The van der Waals surface area contributed by atoms with Crippen LogP contribution in [0.3, 0.4) is 0 Å². The Bertz CT molecular complexity index is 449. The van der Waals surface area contributed by atoms with Crippen molar-refractivity contribution in [3.63, 3.8) is 0 Å². The standard InChI is InChI=1S/C14H15NO2/c16-10-2-3-11-6-8-13(9-7-11)15-14(17)12-4-1-5-12/h6-9,12,16H,1,4-5,10H2,(H,15,17). The molecule has 17 heavy (non-hydrogen) atoms. The van der Waals surface area contributed by atoms with E-state index in [1.807, 2.05) is 24.3 Å². The number of benzene rings is 1. The molecule has 1 saturated carbocycles. The Kier molecular flexibility index (Phi) is 3.79. The highest BCUT2D eigenvalue weighted by Gasteiger charge is 2.24. The van der Waals surface area contributed by atoms with E-state index in [2.05, 4.69) is 17.2 Å². The van der Waals surface area contributed by atoms with Gasteiger partial charge < -0.3 is 10.4 Å². The smallest absolute Gasteiger partial charge is 0.227 e. The largest absolute Gasteiger partial charge is 0.384 e. The van der Waals surface area contributed by atoms with Gasteiger partial charge in [-0.3, -0.25) is 4.79 Å². The molecule has 0 atom stereocenters. The van der Waals surface area contributed by atoms with Gasteiger partial charge >= 0.3 is 0 Å². The van der Waals surface area contributed by atoms with Crippen LogP contribution < -0.4 is 5.32 Å². The van der Waals surface area contributed by atoms with Gasteiger partial charge in [-0.2, -0.15) is 0 Å². The minimum Gasteiger partial charge on any atom is -0.384 e. The van der Waals surface area contributed by atoms with Crippen molar-refractivity contribution >= 4 is 11.6 Å². The molecule has 1 fully saturated rings. The number of nitrogens with one attached hydrogen (secondary N) is 1. The molecule has 3 heteroatoms. The van der Waals surface area contributed by atoms with Gasteiger partial charge in [0.2, 0.25) is 5.91 Å². The molecule has 1 aliphatic carbocycles. The van der Waals surface area contributed by atoms with Crippen molar-refractivity contribution in [3.8, 4) is 11.8 Å². The van der Waals surface area contributed by atoms with Crippen molar-refractivity contribution in [2.24, 2.45) is 5.92 Å². The quantitative estimate of drug-likeness (QED) is 0.759. The summed E-state index contributed by atoms with van der Waals surface area (Å²) >= 11 is 0. The van der Waals surface area contributed by atoms with Crippen molar-refractivity contribution < 1.29 is 9.90 Å². The first-order valence-corrected chi connectivity index (χ1v) is 5.80. The van der Waals surface area contributed by atoms with E-state index in [1.54, 1.807) is 0 Å². The number of anilines is 1. The molecule has 0 unspecified atom stereocenters. The Balaban J connectivity index is 1.95. The molecule has 2 rings (SSSR count). The predicted octanol–water partition coefficient (Wildman–Crippen LogP) is 1.77. The fourth-order valence-corrected chi connectivity index (χ4v) is 1.69. The summed E-state index contributed by atoms with van der Waals surface area (Å²) in [6.07, 6.45) is 3.17. The first-order chi connectivity index (χ1) is 8.29. The second-order valence-electron chi connectivity index (χ2n) is 4.15. The lowest BCUT2D eigenvalue weighted by Gasteiger charge is -2.23. The minimum atomic E-state index is -0.139. The van der Waals surface area contributed by atoms with Crippen molar-refractivity contribution in [2.45, 2.75) is 19.3 Å². The molecule has 0 aliphatic heterocycles. The SMILES string of the molecule is O=C(Nc1ccc(C#CCO)cc1)C1CCC1. The highest BCUT2D eigenvalue weighted by Crippen LogP contribution is 2.27. The topological polar surface area (TPSA) is 49.3 Å². The maximum Gasteiger partial charge on any atom is 0.227 e. The van der Waals surface area contributed by atoms with E-state index in [1.165, 1.54) is 0 Å². The summed E-state index contributed by atoms with van der Waals surface area (Å²) in [6, 6.07) is 7.33. The zero-order chi connectivity index (χ0) is 12.1. The summed E-state index contributed by atoms with van der Waals surface area (Å²) in [5.41, 5.74) is 1.64. The van der Waals surface area contributed by atoms with Crippen LogP contribution in [-0.2, 0) is 4.79 Å². The number of aliphatic hydroxyl groups excluding tert-OH is 1. The molecule has 0 radical (unpaired) electrons. The summed E-state index contributed by atoms with van der Waals surface area (Å²) in [5.74, 6) is 5.70. The van der Waals surface area contributed by atoms with E-state index < -0.39 is 0 Å². The Morgan fingerprint density at radius 3 is 2.59 bits per heavy atom. The third-order valence-corrected chi connectivity index (χ3v) is 2.94. The summed E-state index contributed by atoms with van der Waals surface area (Å²) in [7, 11) is 0. The van der Waals surface area contributed by atoms with Crippen molar-refractivity contribution in [1.29, 1.82) is 0 Å². The second kappa shape index (κ2) is 5.51. The first kappa shape index (κ1) is 11.7. The first-order valence-electron chi connectivity index (χ1n) is 5.80. The van der Waals surface area contributed by atoms with E-state index in [9.17, 15) is 4.79 Å². The van der Waals surface area contributed by atoms with E-state index in [4.69, 9.17) is 5.11 Å². The number of aliphatic hydroxyl groups is 1. The lowest BCUT2D eigenvalue weighted by atomic mass is 9.85. The Morgan fingerprint density at radius 1 is 1.35 bits per heavy atom. The lowest BCUT2D eigenvalue weighted by molar-refractivity contribution is -0.122. The van der Waals surface area contributed by atoms with Crippen molar-refractivity contribution in [1.82, 2.24) is 0 Å². The molecular formula is C14H15NO2. The van der Waals surface area contributed by atoms with E-state index >= 15 is 0 Å². The number of amides is 1. The molecule has 1 aliphatic rings. The zero-order valence-corrected chi connectivity index (χ0v) is 9.57. The zero-order valence-electron chi connectivity index (χ0n) is 9.57. The van der Waals surface area contributed by atoms with E-state index in [0.29, 0.717) is 0 Å². The molecule has 0 saturated heterocycles. The van der Waals surface area contributed by atoms with Crippen LogP contribution in [0.15, 0.2) is 24.3 Å². The third-order valence-electron chi connectivity index (χ3n) is 2.94. The number of hydrogen-bond acceptors (Lipinski definition) is 2. The minimum absolute atomic E-state index is 0.116.